The van der Waals surface area contributed by atoms with E-state index in [-0.39, 0.29) is 6.10 Å². The van der Waals surface area contributed by atoms with E-state index < -0.39 is 0 Å². The molecule has 6 heteroatoms. The number of imidazole rings is 1. The number of nitrogens with one attached hydrogen (secondary N) is 2. The lowest BCUT2D eigenvalue weighted by Crippen LogP contribution is -2.31. The van der Waals surface area contributed by atoms with Crippen LogP contribution in [0.5, 0.6) is 0 Å². The number of halogens is 1. The van der Waals surface area contributed by atoms with Gasteiger partial charge in [-0.05, 0) is 6.42 Å². The molecule has 1 atom stereocenters. The second kappa shape index (κ2) is 9.31. The highest BCUT2D eigenvalue weighted by Gasteiger charge is 2.10. The van der Waals surface area contributed by atoms with Crippen molar-refractivity contribution >= 4 is 11.6 Å². The van der Waals surface area contributed by atoms with Gasteiger partial charge in [0.05, 0.1) is 18.4 Å². The van der Waals surface area contributed by atoms with Gasteiger partial charge in [-0.3, -0.25) is 0 Å². The second-order valence-corrected chi connectivity index (χ2v) is 4.86. The molecule has 0 radical (unpaired) electrons. The average molecular weight is 290 g/mol. The summed E-state index contributed by atoms with van der Waals surface area (Å²) in [5, 5.41) is 3.84. The van der Waals surface area contributed by atoms with Gasteiger partial charge in [0.25, 0.3) is 0 Å². The van der Waals surface area contributed by atoms with Crippen molar-refractivity contribution in [2.75, 3.05) is 27.4 Å². The fourth-order valence-corrected chi connectivity index (χ4v) is 1.99. The van der Waals surface area contributed by atoms with Gasteiger partial charge < -0.3 is 19.8 Å². The molecule has 1 aromatic heterocycles. The molecule has 0 spiro atoms. The first-order valence-electron chi connectivity index (χ1n) is 6.66. The van der Waals surface area contributed by atoms with Crippen molar-refractivity contribution in [1.82, 2.24) is 15.3 Å². The normalized spacial score (nSPS) is 12.8. The third-order valence-corrected chi connectivity index (χ3v) is 3.22. The molecule has 0 aliphatic rings. The lowest BCUT2D eigenvalue weighted by molar-refractivity contribution is 0.0287. The van der Waals surface area contributed by atoms with Crippen molar-refractivity contribution in [3.63, 3.8) is 0 Å². The molecule has 0 amide bonds. The summed E-state index contributed by atoms with van der Waals surface area (Å²) in [7, 11) is 3.34. The highest BCUT2D eigenvalue weighted by Crippen LogP contribution is 2.13. The summed E-state index contributed by atoms with van der Waals surface area (Å²) in [5.74, 6) is 0.962. The monoisotopic (exact) mass is 289 g/mol. The second-order valence-electron chi connectivity index (χ2n) is 4.50. The lowest BCUT2D eigenvalue weighted by atomic mass is 10.2. The standard InChI is InChI=1S/C13H24ClN3O2/c1-4-5-6-12-16-11(13(14)17-12)8-15-7-10(19-3)9-18-2/h10,15H,4-9H2,1-3H3,(H,16,17). The van der Waals surface area contributed by atoms with Crippen LogP contribution in [0.3, 0.4) is 0 Å². The number of hydrogen-bond acceptors (Lipinski definition) is 4. The molecule has 5 nitrogen and oxygen atoms in total. The topological polar surface area (TPSA) is 59.2 Å². The van der Waals surface area contributed by atoms with Gasteiger partial charge in [-0.15, -0.1) is 0 Å². The zero-order valence-electron chi connectivity index (χ0n) is 12.0. The molecule has 1 unspecified atom stereocenters. The maximum absolute atomic E-state index is 6.10. The molecule has 0 bridgehead atoms. The molecule has 0 aliphatic carbocycles. The number of hydrogen-bond donors (Lipinski definition) is 2. The third-order valence-electron chi connectivity index (χ3n) is 2.90. The van der Waals surface area contributed by atoms with Gasteiger partial charge >= 0.3 is 0 Å². The number of nitrogens with zero attached hydrogens (tertiary/aromatic N) is 1. The van der Waals surface area contributed by atoms with Gasteiger partial charge in [-0.2, -0.15) is 0 Å². The molecular formula is C13H24ClN3O2. The van der Waals surface area contributed by atoms with Crippen LogP contribution >= 0.6 is 11.6 Å². The summed E-state index contributed by atoms with van der Waals surface area (Å²) >= 11 is 6.10. The van der Waals surface area contributed by atoms with E-state index in [1.165, 1.54) is 0 Å². The Hall–Kier alpha value is -0.620. The Labute approximate surface area is 120 Å². The first-order chi connectivity index (χ1) is 9.21. The largest absolute Gasteiger partial charge is 0.382 e. The van der Waals surface area contributed by atoms with Crippen LogP contribution < -0.4 is 5.32 Å². The van der Waals surface area contributed by atoms with Gasteiger partial charge in [0.15, 0.2) is 5.15 Å². The minimum Gasteiger partial charge on any atom is -0.382 e. The van der Waals surface area contributed by atoms with E-state index in [1.807, 2.05) is 0 Å². The highest BCUT2D eigenvalue weighted by atomic mass is 35.5. The Balaban J connectivity index is 2.37. The molecule has 0 saturated heterocycles. The van der Waals surface area contributed by atoms with E-state index in [0.29, 0.717) is 24.8 Å². The maximum atomic E-state index is 6.10. The molecule has 0 aromatic carbocycles. The van der Waals surface area contributed by atoms with Gasteiger partial charge in [-0.25, -0.2) is 4.98 Å². The number of rotatable bonds is 10. The first kappa shape index (κ1) is 16.4. The molecule has 1 aromatic rings. The van der Waals surface area contributed by atoms with Crippen LogP contribution in [-0.2, 0) is 22.4 Å². The third kappa shape index (κ3) is 5.91. The Morgan fingerprint density at radius 2 is 2.21 bits per heavy atom. The van der Waals surface area contributed by atoms with Gasteiger partial charge in [-0.1, -0.05) is 24.9 Å². The molecule has 0 fully saturated rings. The van der Waals surface area contributed by atoms with Gasteiger partial charge in [0.2, 0.25) is 0 Å². The number of ether oxygens (including phenoxy) is 2. The molecule has 0 saturated carbocycles. The molecule has 1 rings (SSSR count). The maximum Gasteiger partial charge on any atom is 0.151 e. The van der Waals surface area contributed by atoms with Gasteiger partial charge in [0.1, 0.15) is 5.82 Å². The summed E-state index contributed by atoms with van der Waals surface area (Å²) in [5.41, 5.74) is 0.931. The number of aromatic amines is 1. The van der Waals surface area contributed by atoms with Crippen LogP contribution in [0.1, 0.15) is 31.3 Å². The Kier molecular flexibility index (Phi) is 8.05. The van der Waals surface area contributed by atoms with Crippen molar-refractivity contribution in [3.8, 4) is 0 Å². The molecule has 2 N–H and O–H groups in total. The molecule has 110 valence electrons. The Morgan fingerprint density at radius 1 is 1.42 bits per heavy atom. The van der Waals surface area contributed by atoms with Crippen molar-refractivity contribution in [2.45, 2.75) is 38.8 Å². The average Bonchev–Trinajstić information content (AvgIpc) is 2.76. The number of H-pyrrole nitrogens is 1. The van der Waals surface area contributed by atoms with E-state index in [1.54, 1.807) is 14.2 Å². The number of aromatic nitrogens is 2. The molecule has 1 heterocycles. The smallest absolute Gasteiger partial charge is 0.151 e. The van der Waals surface area contributed by atoms with E-state index in [4.69, 9.17) is 21.1 Å². The number of aryl methyl sites for hydroxylation is 1. The SMILES string of the molecule is CCCCc1nc(Cl)c(CNCC(COC)OC)[nH]1. The summed E-state index contributed by atoms with van der Waals surface area (Å²) in [4.78, 5) is 7.58. The zero-order valence-corrected chi connectivity index (χ0v) is 12.7. The summed E-state index contributed by atoms with van der Waals surface area (Å²) in [6, 6.07) is 0. The van der Waals surface area contributed by atoms with Crippen molar-refractivity contribution in [1.29, 1.82) is 0 Å². The Bertz CT molecular complexity index is 358. The minimum atomic E-state index is 0.0475. The van der Waals surface area contributed by atoms with Crippen LogP contribution in [0.25, 0.3) is 0 Å². The summed E-state index contributed by atoms with van der Waals surface area (Å²) in [6.07, 6.45) is 3.27. The minimum absolute atomic E-state index is 0.0475. The van der Waals surface area contributed by atoms with E-state index in [9.17, 15) is 0 Å². The molecule has 19 heavy (non-hydrogen) atoms. The van der Waals surface area contributed by atoms with Crippen LogP contribution in [-0.4, -0.2) is 43.4 Å². The van der Waals surface area contributed by atoms with Crippen LogP contribution in [0.2, 0.25) is 5.15 Å². The fourth-order valence-electron chi connectivity index (χ4n) is 1.77. The predicted molar refractivity (Wildman–Crippen MR) is 76.6 cm³/mol. The van der Waals surface area contributed by atoms with Crippen molar-refractivity contribution < 1.29 is 9.47 Å². The highest BCUT2D eigenvalue weighted by molar-refractivity contribution is 6.30. The predicted octanol–water partition coefficient (Wildman–Crippen LogP) is 2.16. The summed E-state index contributed by atoms with van der Waals surface area (Å²) in [6.45, 7) is 4.10. The van der Waals surface area contributed by atoms with Crippen LogP contribution in [0.15, 0.2) is 0 Å². The number of methoxy groups -OCH3 is 2. The fraction of sp³-hybridized carbons (Fsp3) is 0.769. The lowest BCUT2D eigenvalue weighted by Gasteiger charge is -2.14. The van der Waals surface area contributed by atoms with Gasteiger partial charge in [0, 0.05) is 33.7 Å². The zero-order chi connectivity index (χ0) is 14.1. The first-order valence-corrected chi connectivity index (χ1v) is 7.04. The van der Waals surface area contributed by atoms with Crippen LogP contribution in [0.4, 0.5) is 0 Å². The van der Waals surface area contributed by atoms with E-state index in [2.05, 4.69) is 22.2 Å². The Morgan fingerprint density at radius 3 is 2.84 bits per heavy atom. The van der Waals surface area contributed by atoms with E-state index >= 15 is 0 Å². The van der Waals surface area contributed by atoms with E-state index in [0.717, 1.165) is 30.8 Å². The molecule has 0 aliphatic heterocycles. The summed E-state index contributed by atoms with van der Waals surface area (Å²) < 4.78 is 10.3. The van der Waals surface area contributed by atoms with Crippen molar-refractivity contribution in [3.05, 3.63) is 16.7 Å². The molecular weight excluding hydrogens is 266 g/mol. The van der Waals surface area contributed by atoms with Crippen LogP contribution in [0, 0.1) is 0 Å². The number of unbranched alkanes of at least 4 members (excludes halogenated alkanes) is 1. The quantitative estimate of drug-likeness (QED) is 0.693. The van der Waals surface area contributed by atoms with Crippen molar-refractivity contribution in [2.24, 2.45) is 0 Å².